The molecule has 3 aliphatic rings. The molecule has 1 saturated heterocycles. The minimum atomic E-state index is -3.98. The van der Waals surface area contributed by atoms with Crippen molar-refractivity contribution in [3.05, 3.63) is 58.7 Å². The highest BCUT2D eigenvalue weighted by molar-refractivity contribution is 7.87. The summed E-state index contributed by atoms with van der Waals surface area (Å²) in [4.78, 5) is 29.3. The molecule has 0 spiro atoms. The van der Waals surface area contributed by atoms with Crippen LogP contribution in [0.1, 0.15) is 72.3 Å². The van der Waals surface area contributed by atoms with Gasteiger partial charge in [-0.2, -0.15) is 12.7 Å². The number of nitrogens with zero attached hydrogens (tertiary/aromatic N) is 3. The third-order valence-corrected chi connectivity index (χ3v) is 11.0. The maximum Gasteiger partial charge on any atom is 0.303 e. The highest BCUT2D eigenvalue weighted by atomic mass is 32.2. The molecule has 1 saturated carbocycles. The van der Waals surface area contributed by atoms with Crippen LogP contribution in [0.4, 0.5) is 0 Å². The SMILES string of the molecule is COc1ccc2c(c1)C=C(C(=O)N1CCCC(CO)C1)Cn1c-2c(C2CCCCC2)c2ccc(C(=O)NS(=O)(=O)N(C)C)cc21. The maximum absolute atomic E-state index is 14.2. The monoisotopic (exact) mass is 634 g/mol. The minimum absolute atomic E-state index is 0.0500. The van der Waals surface area contributed by atoms with Crippen molar-refractivity contribution in [1.82, 2.24) is 18.5 Å². The molecule has 2 aromatic carbocycles. The fourth-order valence-electron chi connectivity index (χ4n) is 7.18. The molecule has 0 radical (unpaired) electrons. The Morgan fingerprint density at radius 2 is 1.82 bits per heavy atom. The van der Waals surface area contributed by atoms with Crippen LogP contribution in [0, 0.1) is 5.92 Å². The number of carbonyl (C=O) groups excluding carboxylic acids is 2. The van der Waals surface area contributed by atoms with Crippen LogP contribution in [0.25, 0.3) is 28.2 Å². The van der Waals surface area contributed by atoms with Gasteiger partial charge in [-0.15, -0.1) is 0 Å². The summed E-state index contributed by atoms with van der Waals surface area (Å²) < 4.78 is 35.8. The highest BCUT2D eigenvalue weighted by Gasteiger charge is 2.33. The third-order valence-electron chi connectivity index (χ3n) is 9.59. The lowest BCUT2D eigenvalue weighted by molar-refractivity contribution is -0.129. The van der Waals surface area contributed by atoms with E-state index in [1.807, 2.05) is 29.2 Å². The first kappa shape index (κ1) is 31.3. The van der Waals surface area contributed by atoms with E-state index in [1.165, 1.54) is 26.1 Å². The number of carbonyl (C=O) groups is 2. The molecular weight excluding hydrogens is 592 g/mol. The van der Waals surface area contributed by atoms with Gasteiger partial charge in [0.2, 0.25) is 0 Å². The number of benzene rings is 2. The van der Waals surface area contributed by atoms with Crippen LogP contribution in [-0.2, 0) is 21.5 Å². The van der Waals surface area contributed by atoms with E-state index in [-0.39, 0.29) is 30.5 Å². The van der Waals surface area contributed by atoms with E-state index in [2.05, 4.69) is 15.4 Å². The summed E-state index contributed by atoms with van der Waals surface area (Å²) >= 11 is 0. The van der Waals surface area contributed by atoms with Gasteiger partial charge in [-0.25, -0.2) is 4.72 Å². The number of amides is 2. The molecule has 1 aromatic heterocycles. The van der Waals surface area contributed by atoms with E-state index >= 15 is 0 Å². The van der Waals surface area contributed by atoms with Crippen molar-refractivity contribution in [2.24, 2.45) is 5.92 Å². The van der Waals surface area contributed by atoms with E-state index in [0.29, 0.717) is 30.3 Å². The van der Waals surface area contributed by atoms with Gasteiger partial charge in [0.25, 0.3) is 11.8 Å². The van der Waals surface area contributed by atoms with Gasteiger partial charge in [-0.05, 0) is 85.1 Å². The minimum Gasteiger partial charge on any atom is -0.497 e. The van der Waals surface area contributed by atoms with Crippen molar-refractivity contribution in [1.29, 1.82) is 0 Å². The summed E-state index contributed by atoms with van der Waals surface area (Å²) in [5.74, 6) is 0.281. The van der Waals surface area contributed by atoms with E-state index in [0.717, 1.165) is 70.6 Å². The zero-order valence-electron chi connectivity index (χ0n) is 26.2. The Balaban J connectivity index is 1.54. The van der Waals surface area contributed by atoms with Gasteiger partial charge in [-0.1, -0.05) is 25.3 Å². The van der Waals surface area contributed by atoms with E-state index in [9.17, 15) is 23.1 Å². The van der Waals surface area contributed by atoms with Crippen molar-refractivity contribution in [2.45, 2.75) is 57.4 Å². The molecule has 3 aromatic rings. The lowest BCUT2D eigenvalue weighted by atomic mass is 9.81. The Morgan fingerprint density at radius 1 is 1.04 bits per heavy atom. The van der Waals surface area contributed by atoms with Crippen LogP contribution in [0.5, 0.6) is 5.75 Å². The molecule has 1 unspecified atom stereocenters. The quantitative estimate of drug-likeness (QED) is 0.394. The summed E-state index contributed by atoms with van der Waals surface area (Å²) in [5, 5.41) is 10.8. The van der Waals surface area contributed by atoms with Crippen LogP contribution < -0.4 is 9.46 Å². The van der Waals surface area contributed by atoms with Crippen molar-refractivity contribution in [3.63, 3.8) is 0 Å². The second-order valence-electron chi connectivity index (χ2n) is 12.7. The number of nitrogens with one attached hydrogen (secondary N) is 1. The number of rotatable bonds is 7. The van der Waals surface area contributed by atoms with Crippen molar-refractivity contribution in [2.75, 3.05) is 40.9 Å². The number of aliphatic hydroxyl groups excluding tert-OH is 1. The average Bonchev–Trinajstić information content (AvgIpc) is 3.26. The Hall–Kier alpha value is -3.67. The van der Waals surface area contributed by atoms with Crippen LogP contribution in [0.3, 0.4) is 0 Å². The number of piperidine rings is 1. The largest absolute Gasteiger partial charge is 0.497 e. The lowest BCUT2D eigenvalue weighted by Crippen LogP contribution is -2.42. The number of fused-ring (bicyclic) bond motifs is 5. The number of aromatic nitrogens is 1. The number of hydrogen-bond donors (Lipinski definition) is 2. The van der Waals surface area contributed by atoms with Crippen molar-refractivity contribution >= 4 is 39.0 Å². The third kappa shape index (κ3) is 6.01. The highest BCUT2D eigenvalue weighted by Crippen LogP contribution is 2.47. The number of hydrogen-bond acceptors (Lipinski definition) is 6. The van der Waals surface area contributed by atoms with Crippen LogP contribution in [0.2, 0.25) is 0 Å². The zero-order valence-corrected chi connectivity index (χ0v) is 27.0. The van der Waals surface area contributed by atoms with Crippen molar-refractivity contribution < 1.29 is 27.9 Å². The Labute approximate surface area is 264 Å². The van der Waals surface area contributed by atoms with Crippen LogP contribution in [0.15, 0.2) is 42.0 Å². The van der Waals surface area contributed by atoms with E-state index in [4.69, 9.17) is 4.74 Å². The van der Waals surface area contributed by atoms with Gasteiger partial charge in [0.1, 0.15) is 5.75 Å². The molecule has 1 aliphatic carbocycles. The smallest absolute Gasteiger partial charge is 0.303 e. The Kier molecular flexibility index (Phi) is 8.78. The fourth-order valence-corrected chi connectivity index (χ4v) is 7.72. The normalized spacial score (nSPS) is 19.1. The first-order valence-electron chi connectivity index (χ1n) is 15.8. The molecule has 2 aliphatic heterocycles. The number of likely N-dealkylation sites (tertiary alicyclic amines) is 1. The summed E-state index contributed by atoms with van der Waals surface area (Å²) in [7, 11) is 0.379. The molecule has 6 rings (SSSR count). The van der Waals surface area contributed by atoms with E-state index in [1.54, 1.807) is 19.2 Å². The Bertz CT molecular complexity index is 1770. The van der Waals surface area contributed by atoms with Crippen LogP contribution in [-0.4, -0.2) is 80.0 Å². The van der Waals surface area contributed by atoms with Gasteiger partial charge < -0.3 is 19.3 Å². The predicted octanol–water partition coefficient (Wildman–Crippen LogP) is 4.53. The molecule has 10 nitrogen and oxygen atoms in total. The number of methoxy groups -OCH3 is 1. The summed E-state index contributed by atoms with van der Waals surface area (Å²) in [6, 6.07) is 11.3. The zero-order chi connectivity index (χ0) is 31.9. The second-order valence-corrected chi connectivity index (χ2v) is 14.6. The average molecular weight is 635 g/mol. The Morgan fingerprint density at radius 3 is 2.53 bits per heavy atom. The van der Waals surface area contributed by atoms with Gasteiger partial charge in [0.05, 0.1) is 19.3 Å². The van der Waals surface area contributed by atoms with Gasteiger partial charge in [0, 0.05) is 61.4 Å². The maximum atomic E-state index is 14.2. The molecule has 45 heavy (non-hydrogen) atoms. The van der Waals surface area contributed by atoms with Gasteiger partial charge >= 0.3 is 10.2 Å². The molecule has 2 fully saturated rings. The lowest BCUT2D eigenvalue weighted by Gasteiger charge is -2.32. The van der Waals surface area contributed by atoms with Gasteiger partial charge in [-0.3, -0.25) is 9.59 Å². The fraction of sp³-hybridized carbons (Fsp3) is 0.471. The van der Waals surface area contributed by atoms with Crippen LogP contribution >= 0.6 is 0 Å². The molecule has 11 heteroatoms. The summed E-state index contributed by atoms with van der Waals surface area (Å²) in [6.45, 7) is 1.48. The number of aliphatic hydroxyl groups is 1. The standard InChI is InChI=1S/C34H42N4O6S/c1-36(2)45(42,43)35-33(40)24-11-13-29-30(18-24)38-20-26(34(41)37-15-7-8-22(19-37)21-39)16-25-17-27(44-3)12-14-28(25)32(38)31(29)23-9-5-4-6-10-23/h11-14,16-18,22-23,39H,4-10,15,19-21H2,1-3H3,(H,35,40). The predicted molar refractivity (Wildman–Crippen MR) is 174 cm³/mol. The number of ether oxygens (including phenoxy) is 1. The summed E-state index contributed by atoms with van der Waals surface area (Å²) in [5.41, 5.74) is 5.74. The van der Waals surface area contributed by atoms with E-state index < -0.39 is 16.1 Å². The summed E-state index contributed by atoms with van der Waals surface area (Å²) in [6.07, 6.45) is 9.28. The molecule has 2 amide bonds. The first-order valence-corrected chi connectivity index (χ1v) is 17.2. The molecular formula is C34H42N4O6S. The molecule has 240 valence electrons. The molecule has 2 N–H and O–H groups in total. The second kappa shape index (κ2) is 12.6. The topological polar surface area (TPSA) is 121 Å². The molecule has 3 heterocycles. The van der Waals surface area contributed by atoms with Crippen molar-refractivity contribution in [3.8, 4) is 17.0 Å². The first-order chi connectivity index (χ1) is 21.6. The molecule has 0 bridgehead atoms. The molecule has 1 atom stereocenters. The van der Waals surface area contributed by atoms with Gasteiger partial charge in [0.15, 0.2) is 0 Å².